The van der Waals surface area contributed by atoms with E-state index < -0.39 is 18.4 Å². The molecule has 0 radical (unpaired) electrons. The van der Waals surface area contributed by atoms with Crippen LogP contribution in [-0.2, 0) is 0 Å². The Morgan fingerprint density at radius 3 is 1.55 bits per heavy atom. The van der Waals surface area contributed by atoms with E-state index in [0.29, 0.717) is 5.92 Å². The molecule has 0 fully saturated rings. The maximum atomic E-state index is 9.48. The molecule has 0 spiro atoms. The summed E-state index contributed by atoms with van der Waals surface area (Å²) >= 11 is -2.25. The van der Waals surface area contributed by atoms with Crippen LogP contribution < -0.4 is 0 Å². The van der Waals surface area contributed by atoms with Crippen LogP contribution in [0.4, 0.5) is 0 Å². The van der Waals surface area contributed by atoms with Crippen LogP contribution in [0.25, 0.3) is 0 Å². The molecule has 0 bridgehead atoms. The van der Waals surface area contributed by atoms with Gasteiger partial charge in [-0.2, -0.15) is 0 Å². The Morgan fingerprint density at radius 2 is 1.30 bits per heavy atom. The Balaban J connectivity index is 5.33. The van der Waals surface area contributed by atoms with Crippen molar-refractivity contribution >= 4 is 18.4 Å². The predicted octanol–water partition coefficient (Wildman–Crippen LogP) is 5.95. The van der Waals surface area contributed by atoms with Crippen molar-refractivity contribution < 1.29 is 5.11 Å². The molecule has 2 heteroatoms. The molecule has 0 unspecified atom stereocenters. The van der Waals surface area contributed by atoms with Gasteiger partial charge in [0.2, 0.25) is 0 Å². The third-order valence-corrected chi connectivity index (χ3v) is 21.5. The SMILES string of the molecule is CCC[CH2][Sn]([CH2]CCC)([CH2]CCC)/[C](=C\CO)C(C)C. The fraction of sp³-hybridized carbons (Fsp3) is 0.889. The molecule has 0 rings (SSSR count). The maximum absolute atomic E-state index is 9.48. The molecule has 1 N–H and O–H groups in total. The summed E-state index contributed by atoms with van der Waals surface area (Å²) in [5.74, 6) is 0.642. The minimum atomic E-state index is -2.25. The number of aliphatic hydroxyl groups is 1. The number of hydrogen-bond donors (Lipinski definition) is 1. The van der Waals surface area contributed by atoms with Gasteiger partial charge in [-0.3, -0.25) is 0 Å². The zero-order chi connectivity index (χ0) is 15.4. The summed E-state index contributed by atoms with van der Waals surface area (Å²) in [5, 5.41) is 9.48. The van der Waals surface area contributed by atoms with Gasteiger partial charge in [0.1, 0.15) is 0 Å². The quantitative estimate of drug-likeness (QED) is 0.409. The molecule has 0 aliphatic carbocycles. The number of hydrogen-bond acceptors (Lipinski definition) is 1. The molecule has 120 valence electrons. The van der Waals surface area contributed by atoms with Crippen molar-refractivity contribution in [1.29, 1.82) is 0 Å². The van der Waals surface area contributed by atoms with E-state index in [-0.39, 0.29) is 6.61 Å². The van der Waals surface area contributed by atoms with E-state index in [4.69, 9.17) is 0 Å². The summed E-state index contributed by atoms with van der Waals surface area (Å²) in [7, 11) is 0. The second kappa shape index (κ2) is 12.1. The molecule has 0 heterocycles. The first-order chi connectivity index (χ1) is 9.57. The molecule has 0 aromatic rings. The molecular weight excluding hydrogens is 351 g/mol. The first-order valence-corrected chi connectivity index (χ1v) is 16.4. The van der Waals surface area contributed by atoms with Crippen molar-refractivity contribution in [1.82, 2.24) is 0 Å². The summed E-state index contributed by atoms with van der Waals surface area (Å²) in [6.07, 6.45) is 10.4. The van der Waals surface area contributed by atoms with Gasteiger partial charge in [0.15, 0.2) is 0 Å². The number of unbranched alkanes of at least 4 members (excludes halogenated alkanes) is 3. The second-order valence-electron chi connectivity index (χ2n) is 6.59. The Labute approximate surface area is 132 Å². The minimum absolute atomic E-state index is 0.247. The normalized spacial score (nSPS) is 13.2. The van der Waals surface area contributed by atoms with Crippen LogP contribution in [0.5, 0.6) is 0 Å². The zero-order valence-corrected chi connectivity index (χ0v) is 17.5. The van der Waals surface area contributed by atoms with Crippen LogP contribution in [0.2, 0.25) is 13.3 Å². The topological polar surface area (TPSA) is 20.2 Å². The summed E-state index contributed by atoms with van der Waals surface area (Å²) in [4.78, 5) is 0. The van der Waals surface area contributed by atoms with Gasteiger partial charge in [-0.15, -0.1) is 0 Å². The third kappa shape index (κ3) is 6.97. The Hall–Kier alpha value is 0.499. The molecule has 0 aromatic carbocycles. The van der Waals surface area contributed by atoms with Crippen LogP contribution in [0.3, 0.4) is 0 Å². The summed E-state index contributed by atoms with van der Waals surface area (Å²) in [6.45, 7) is 11.9. The van der Waals surface area contributed by atoms with Crippen molar-refractivity contribution in [2.75, 3.05) is 6.61 Å². The van der Waals surface area contributed by atoms with Crippen LogP contribution in [0.1, 0.15) is 73.1 Å². The molecule has 0 saturated carbocycles. The van der Waals surface area contributed by atoms with Gasteiger partial charge >= 0.3 is 132 Å². The van der Waals surface area contributed by atoms with Crippen molar-refractivity contribution in [3.8, 4) is 0 Å². The average Bonchev–Trinajstić information content (AvgIpc) is 2.44. The average molecular weight is 389 g/mol. The zero-order valence-electron chi connectivity index (χ0n) is 14.7. The Kier molecular flexibility index (Phi) is 12.4. The van der Waals surface area contributed by atoms with E-state index in [9.17, 15) is 5.11 Å². The van der Waals surface area contributed by atoms with E-state index in [0.717, 1.165) is 0 Å². The Bertz CT molecular complexity index is 236. The fourth-order valence-electron chi connectivity index (χ4n) is 3.52. The van der Waals surface area contributed by atoms with E-state index in [1.54, 1.807) is 3.59 Å². The van der Waals surface area contributed by atoms with E-state index in [1.807, 2.05) is 0 Å². The van der Waals surface area contributed by atoms with Gasteiger partial charge in [-0.1, -0.05) is 0 Å². The van der Waals surface area contributed by atoms with Gasteiger partial charge in [-0.25, -0.2) is 0 Å². The van der Waals surface area contributed by atoms with Gasteiger partial charge < -0.3 is 0 Å². The molecule has 0 aliphatic rings. The van der Waals surface area contributed by atoms with Gasteiger partial charge in [0.05, 0.1) is 0 Å². The van der Waals surface area contributed by atoms with E-state index >= 15 is 0 Å². The second-order valence-corrected chi connectivity index (χ2v) is 19.8. The molecule has 0 aromatic heterocycles. The molecule has 1 nitrogen and oxygen atoms in total. The molecular formula is C18H38OSn. The van der Waals surface area contributed by atoms with Crippen molar-refractivity contribution in [2.24, 2.45) is 5.92 Å². The van der Waals surface area contributed by atoms with Crippen LogP contribution in [-0.4, -0.2) is 30.1 Å². The molecule has 0 aliphatic heterocycles. The van der Waals surface area contributed by atoms with E-state index in [2.05, 4.69) is 40.7 Å². The van der Waals surface area contributed by atoms with Gasteiger partial charge in [0.25, 0.3) is 0 Å². The predicted molar refractivity (Wildman–Crippen MR) is 94.9 cm³/mol. The number of rotatable bonds is 12. The van der Waals surface area contributed by atoms with Gasteiger partial charge in [-0.05, 0) is 0 Å². The first kappa shape index (κ1) is 20.5. The van der Waals surface area contributed by atoms with Gasteiger partial charge in [0, 0.05) is 0 Å². The number of aliphatic hydroxyl groups excluding tert-OH is 1. The molecule has 0 saturated heterocycles. The number of allylic oxidation sites excluding steroid dienone is 1. The van der Waals surface area contributed by atoms with E-state index in [1.165, 1.54) is 51.8 Å². The van der Waals surface area contributed by atoms with Crippen LogP contribution >= 0.6 is 0 Å². The molecule has 20 heavy (non-hydrogen) atoms. The van der Waals surface area contributed by atoms with Crippen LogP contribution in [0.15, 0.2) is 9.67 Å². The van der Waals surface area contributed by atoms with Crippen molar-refractivity contribution in [3.63, 3.8) is 0 Å². The Morgan fingerprint density at radius 1 is 0.900 bits per heavy atom. The van der Waals surface area contributed by atoms with Crippen molar-refractivity contribution in [3.05, 3.63) is 9.67 Å². The van der Waals surface area contributed by atoms with Crippen LogP contribution in [0, 0.1) is 5.92 Å². The van der Waals surface area contributed by atoms with Crippen molar-refractivity contribution in [2.45, 2.75) is 86.5 Å². The standard InChI is InChI=1S/C6H11O.3C4H9.Sn/c1-6(2)4-3-5-7;3*1-3-4-2;/h3,6-7H,5H2,1-2H3;3*1,3-4H2,2H3;. The molecule has 0 amide bonds. The first-order valence-electron chi connectivity index (χ1n) is 8.89. The third-order valence-electron chi connectivity index (χ3n) is 4.57. The fourth-order valence-corrected chi connectivity index (χ4v) is 21.9. The molecule has 0 atom stereocenters. The summed E-state index contributed by atoms with van der Waals surface area (Å²) in [6, 6.07) is 0. The summed E-state index contributed by atoms with van der Waals surface area (Å²) < 4.78 is 6.26. The monoisotopic (exact) mass is 390 g/mol. The summed E-state index contributed by atoms with van der Waals surface area (Å²) in [5.41, 5.74) is 0.